The first-order valence-electron chi connectivity index (χ1n) is 18.6. The third-order valence-corrected chi connectivity index (χ3v) is 10.3. The van der Waals surface area contributed by atoms with Crippen molar-refractivity contribution in [2.24, 2.45) is 0 Å². The Labute approximate surface area is 313 Å². The molecule has 0 saturated carbocycles. The zero-order valence-corrected chi connectivity index (χ0v) is 33.4. The molecule has 0 radical (unpaired) electrons. The molecule has 7 nitrogen and oxygen atoms in total. The Morgan fingerprint density at radius 1 is 0.408 bits per heavy atom. The fourth-order valence-corrected chi connectivity index (χ4v) is 7.47. The predicted octanol–water partition coefficient (Wildman–Crippen LogP) is 9.93. The van der Waals surface area contributed by atoms with Crippen molar-refractivity contribution in [2.45, 2.75) is 88.9 Å². The maximum Gasteiger partial charge on any atom is 0.0701 e. The van der Waals surface area contributed by atoms with Gasteiger partial charge in [-0.15, -0.1) is 0 Å². The van der Waals surface area contributed by atoms with E-state index in [0.29, 0.717) is 66.1 Å². The zero-order chi connectivity index (χ0) is 34.8. The first-order valence-corrected chi connectivity index (χ1v) is 20.2. The van der Waals surface area contributed by atoms with Crippen molar-refractivity contribution < 1.29 is 33.2 Å². The van der Waals surface area contributed by atoms with Crippen molar-refractivity contribution in [2.75, 3.05) is 93.5 Å². The van der Waals surface area contributed by atoms with E-state index in [9.17, 15) is 0 Å². The van der Waals surface area contributed by atoms with Crippen LogP contribution in [0.2, 0.25) is 0 Å². The largest absolute Gasteiger partial charge is 0.382 e. The molecule has 0 N–H and O–H groups in total. The van der Waals surface area contributed by atoms with Crippen LogP contribution < -0.4 is 0 Å². The van der Waals surface area contributed by atoms with Gasteiger partial charge in [0, 0.05) is 41.8 Å². The fraction of sp³-hybridized carbons (Fsp3) is 0.700. The molecular formula is C40H62Br2O7. The van der Waals surface area contributed by atoms with Gasteiger partial charge in [-0.3, -0.25) is 0 Å². The third-order valence-electron chi connectivity index (χ3n) is 9.30. The summed E-state index contributed by atoms with van der Waals surface area (Å²) in [6.07, 6.45) is 15.9. The molecule has 49 heavy (non-hydrogen) atoms. The van der Waals surface area contributed by atoms with E-state index in [2.05, 4.69) is 68.3 Å². The zero-order valence-electron chi connectivity index (χ0n) is 30.3. The minimum atomic E-state index is 0.0595. The van der Waals surface area contributed by atoms with E-state index in [1.807, 2.05) is 0 Å². The summed E-state index contributed by atoms with van der Waals surface area (Å²) in [5.74, 6) is 0. The van der Waals surface area contributed by atoms with Gasteiger partial charge in [0.2, 0.25) is 0 Å². The molecule has 9 heteroatoms. The standard InChI is InChI=1S/C40H62Br2O7/c1-43-22-24-47-28-26-45-20-12-8-5-3-4-6-10-18-40(19-11-7-9-13-21-46-27-29-49-31-30-48-25-23-44-2)38-32-34(41)14-16-36(38)37-17-15-35(42)33-39(37)40/h14-17,32-33H,3-13,18-31H2,1-2H3. The summed E-state index contributed by atoms with van der Waals surface area (Å²) in [5.41, 5.74) is 5.89. The van der Waals surface area contributed by atoms with Crippen LogP contribution in [0, 0.1) is 0 Å². The smallest absolute Gasteiger partial charge is 0.0701 e. The first-order chi connectivity index (χ1) is 24.1. The highest BCUT2D eigenvalue weighted by atomic mass is 79.9. The van der Waals surface area contributed by atoms with Gasteiger partial charge in [0.15, 0.2) is 0 Å². The van der Waals surface area contributed by atoms with Crippen molar-refractivity contribution in [1.82, 2.24) is 0 Å². The van der Waals surface area contributed by atoms with Crippen LogP contribution in [0.25, 0.3) is 11.1 Å². The van der Waals surface area contributed by atoms with E-state index >= 15 is 0 Å². The number of halogens is 2. The molecule has 0 amide bonds. The Bertz CT molecular complexity index is 1040. The molecular weight excluding hydrogens is 752 g/mol. The van der Waals surface area contributed by atoms with Crippen molar-refractivity contribution in [3.8, 4) is 11.1 Å². The second kappa shape index (κ2) is 26.8. The lowest BCUT2D eigenvalue weighted by Gasteiger charge is -2.33. The summed E-state index contributed by atoms with van der Waals surface area (Å²) < 4.78 is 40.3. The number of unbranched alkanes of at least 4 members (excludes halogenated alkanes) is 9. The van der Waals surface area contributed by atoms with Gasteiger partial charge in [0.05, 0.1) is 66.1 Å². The van der Waals surface area contributed by atoms with Gasteiger partial charge in [-0.25, -0.2) is 0 Å². The second-order valence-electron chi connectivity index (χ2n) is 12.9. The van der Waals surface area contributed by atoms with Crippen LogP contribution in [-0.4, -0.2) is 93.5 Å². The summed E-state index contributed by atoms with van der Waals surface area (Å²) in [5, 5.41) is 0. The summed E-state index contributed by atoms with van der Waals surface area (Å²) in [7, 11) is 3.37. The Morgan fingerprint density at radius 3 is 1.12 bits per heavy atom. The first kappa shape index (κ1) is 42.5. The van der Waals surface area contributed by atoms with Gasteiger partial charge in [-0.2, -0.15) is 0 Å². The molecule has 0 aliphatic heterocycles. The molecule has 0 atom stereocenters. The van der Waals surface area contributed by atoms with E-state index in [-0.39, 0.29) is 5.41 Å². The van der Waals surface area contributed by atoms with E-state index < -0.39 is 0 Å². The van der Waals surface area contributed by atoms with Gasteiger partial charge in [0.1, 0.15) is 0 Å². The van der Waals surface area contributed by atoms with Crippen molar-refractivity contribution in [3.63, 3.8) is 0 Å². The predicted molar refractivity (Wildman–Crippen MR) is 206 cm³/mol. The summed E-state index contributed by atoms with van der Waals surface area (Å²) in [4.78, 5) is 0. The number of hydrogen-bond donors (Lipinski definition) is 0. The molecule has 3 rings (SSSR count). The maximum atomic E-state index is 5.82. The van der Waals surface area contributed by atoms with Crippen molar-refractivity contribution in [1.29, 1.82) is 0 Å². The van der Waals surface area contributed by atoms with E-state index in [1.165, 1.54) is 102 Å². The molecule has 1 aliphatic rings. The van der Waals surface area contributed by atoms with Crippen LogP contribution in [0.1, 0.15) is 94.6 Å². The lowest BCUT2D eigenvalue weighted by Crippen LogP contribution is -2.25. The quantitative estimate of drug-likeness (QED) is 0.0682. The Hall–Kier alpha value is -0.880. The number of rotatable bonds is 32. The molecule has 278 valence electrons. The van der Waals surface area contributed by atoms with Gasteiger partial charge in [-0.1, -0.05) is 102 Å². The van der Waals surface area contributed by atoms with Gasteiger partial charge in [-0.05, 0) is 72.2 Å². The van der Waals surface area contributed by atoms with Gasteiger partial charge < -0.3 is 33.2 Å². The minimum Gasteiger partial charge on any atom is -0.382 e. The van der Waals surface area contributed by atoms with E-state index in [1.54, 1.807) is 14.2 Å². The molecule has 2 aromatic carbocycles. The monoisotopic (exact) mass is 812 g/mol. The van der Waals surface area contributed by atoms with Crippen LogP contribution in [0.3, 0.4) is 0 Å². The van der Waals surface area contributed by atoms with Crippen LogP contribution in [-0.2, 0) is 38.6 Å². The molecule has 1 aliphatic carbocycles. The molecule has 0 fully saturated rings. The van der Waals surface area contributed by atoms with Crippen LogP contribution in [0.5, 0.6) is 0 Å². The molecule has 0 heterocycles. The van der Waals surface area contributed by atoms with E-state index in [4.69, 9.17) is 33.2 Å². The summed E-state index contributed by atoms with van der Waals surface area (Å²) >= 11 is 7.62. The Kier molecular flexibility index (Phi) is 23.3. The summed E-state index contributed by atoms with van der Waals surface area (Å²) in [6, 6.07) is 13.8. The highest BCUT2D eigenvalue weighted by Gasteiger charge is 2.42. The molecule has 0 aromatic heterocycles. The van der Waals surface area contributed by atoms with Crippen LogP contribution >= 0.6 is 31.9 Å². The molecule has 0 bridgehead atoms. The molecule has 0 spiro atoms. The van der Waals surface area contributed by atoms with Gasteiger partial charge >= 0.3 is 0 Å². The third kappa shape index (κ3) is 16.1. The number of fused-ring (bicyclic) bond motifs is 3. The molecule has 0 unspecified atom stereocenters. The topological polar surface area (TPSA) is 64.6 Å². The molecule has 0 saturated heterocycles. The number of methoxy groups -OCH3 is 2. The van der Waals surface area contributed by atoms with Crippen LogP contribution in [0.15, 0.2) is 45.3 Å². The number of hydrogen-bond acceptors (Lipinski definition) is 7. The maximum absolute atomic E-state index is 5.82. The van der Waals surface area contributed by atoms with E-state index in [0.717, 1.165) is 26.1 Å². The van der Waals surface area contributed by atoms with Gasteiger partial charge in [0.25, 0.3) is 0 Å². The average Bonchev–Trinajstić information content (AvgIpc) is 3.35. The minimum absolute atomic E-state index is 0.0595. The highest BCUT2D eigenvalue weighted by Crippen LogP contribution is 2.55. The Balaban J connectivity index is 1.39. The SMILES string of the molecule is COCCOCCOCCCCCCCCCC1(CCCCCCOCCOCCOCCOC)c2cc(Br)ccc2-c2ccc(Br)cc21. The highest BCUT2D eigenvalue weighted by molar-refractivity contribution is 9.10. The average molecular weight is 815 g/mol. The van der Waals surface area contributed by atoms with Crippen LogP contribution in [0.4, 0.5) is 0 Å². The van der Waals surface area contributed by atoms with Crippen molar-refractivity contribution in [3.05, 3.63) is 56.5 Å². The second-order valence-corrected chi connectivity index (χ2v) is 14.7. The number of benzene rings is 2. The lowest BCUT2D eigenvalue weighted by atomic mass is 9.70. The molecule has 2 aromatic rings. The lowest BCUT2D eigenvalue weighted by molar-refractivity contribution is 0.00323. The Morgan fingerprint density at radius 2 is 0.735 bits per heavy atom. The normalized spacial score (nSPS) is 13.2. The van der Waals surface area contributed by atoms with Crippen molar-refractivity contribution >= 4 is 31.9 Å². The number of ether oxygens (including phenoxy) is 7. The summed E-state index contributed by atoms with van der Waals surface area (Å²) in [6.45, 7) is 7.88. The fourth-order valence-electron chi connectivity index (χ4n) is 6.75.